The van der Waals surface area contributed by atoms with E-state index in [4.69, 9.17) is 4.74 Å². The zero-order valence-corrected chi connectivity index (χ0v) is 16.0. The van der Waals surface area contributed by atoms with Crippen molar-refractivity contribution in [3.8, 4) is 0 Å². The molecule has 5 rings (SSSR count). The number of hydrogen-bond donors (Lipinski definition) is 2. The zero-order chi connectivity index (χ0) is 19.3. The molecule has 7 nitrogen and oxygen atoms in total. The lowest BCUT2D eigenvalue weighted by Crippen LogP contribution is -2.47. The molecule has 2 fully saturated rings. The van der Waals surface area contributed by atoms with Gasteiger partial charge in [-0.3, -0.25) is 0 Å². The summed E-state index contributed by atoms with van der Waals surface area (Å²) >= 11 is 0. The Morgan fingerprint density at radius 3 is 2.46 bits per heavy atom. The molecule has 1 aromatic heterocycles. The molecule has 1 aliphatic carbocycles. The van der Waals surface area contributed by atoms with Crippen LogP contribution < -0.4 is 5.69 Å². The van der Waals surface area contributed by atoms with Crippen molar-refractivity contribution in [3.05, 3.63) is 64.6 Å². The Kier molecular flexibility index (Phi) is 4.15. The van der Waals surface area contributed by atoms with E-state index in [1.54, 1.807) is 12.1 Å². The topological polar surface area (TPSA) is 95.3 Å². The molecule has 2 heterocycles. The van der Waals surface area contributed by atoms with Gasteiger partial charge in [0.25, 0.3) is 0 Å². The Morgan fingerprint density at radius 1 is 0.964 bits per heavy atom. The van der Waals surface area contributed by atoms with Gasteiger partial charge < -0.3 is 14.7 Å². The molecule has 2 aromatic carbocycles. The molecule has 0 spiro atoms. The molecule has 1 aliphatic heterocycles. The number of aromatic nitrogens is 2. The quantitative estimate of drug-likeness (QED) is 0.704. The fraction of sp³-hybridized carbons (Fsp3) is 0.350. The Labute approximate surface area is 162 Å². The number of imidazole rings is 1. The Balaban J connectivity index is 1.50. The highest BCUT2D eigenvalue weighted by molar-refractivity contribution is 7.89. The maximum absolute atomic E-state index is 13.4. The van der Waals surface area contributed by atoms with E-state index >= 15 is 0 Å². The van der Waals surface area contributed by atoms with Gasteiger partial charge in [0.2, 0.25) is 10.0 Å². The second-order valence-corrected chi connectivity index (χ2v) is 9.46. The van der Waals surface area contributed by atoms with Gasteiger partial charge in [-0.05, 0) is 42.5 Å². The van der Waals surface area contributed by atoms with Gasteiger partial charge in [-0.1, -0.05) is 30.3 Å². The van der Waals surface area contributed by atoms with E-state index in [1.165, 1.54) is 10.4 Å². The maximum Gasteiger partial charge on any atom is 0.323 e. The first-order chi connectivity index (χ1) is 13.5. The van der Waals surface area contributed by atoms with Crippen LogP contribution in [0.2, 0.25) is 0 Å². The number of hydrogen-bond acceptors (Lipinski definition) is 4. The van der Waals surface area contributed by atoms with Gasteiger partial charge in [0.05, 0.1) is 28.1 Å². The number of aromatic amines is 2. The summed E-state index contributed by atoms with van der Waals surface area (Å²) in [5.74, 6) is 0.424. The highest BCUT2D eigenvalue weighted by Gasteiger charge is 2.42. The fourth-order valence-corrected chi connectivity index (χ4v) is 5.33. The van der Waals surface area contributed by atoms with E-state index in [0.717, 1.165) is 18.4 Å². The lowest BCUT2D eigenvalue weighted by molar-refractivity contribution is -0.0747. The largest absolute Gasteiger partial charge is 0.367 e. The van der Waals surface area contributed by atoms with Crippen LogP contribution in [0.25, 0.3) is 11.0 Å². The summed E-state index contributed by atoms with van der Waals surface area (Å²) in [7, 11) is -3.71. The van der Waals surface area contributed by atoms with E-state index < -0.39 is 10.0 Å². The van der Waals surface area contributed by atoms with Gasteiger partial charge >= 0.3 is 5.69 Å². The second kappa shape index (κ2) is 6.58. The Hall–Kier alpha value is -2.42. The molecule has 0 bridgehead atoms. The van der Waals surface area contributed by atoms with Crippen molar-refractivity contribution in [1.29, 1.82) is 0 Å². The molecule has 2 N–H and O–H groups in total. The summed E-state index contributed by atoms with van der Waals surface area (Å²) in [5, 5.41) is 0. The van der Waals surface area contributed by atoms with Crippen LogP contribution in [-0.2, 0) is 14.8 Å². The standard InChI is InChI=1S/C20H21N3O4S/c24-20-21-16-9-8-15(10-17(16)22-20)28(25,26)23-11-18(13-4-2-1-3-5-13)27-19(12-23)14-6-7-14/h1-5,8-10,14,18-19H,6-7,11-12H2,(H2,21,22,24)/t18-,19+/m0/s1. The number of nitrogens with zero attached hydrogens (tertiary/aromatic N) is 1. The Bertz CT molecular complexity index is 1160. The van der Waals surface area contributed by atoms with Crippen LogP contribution in [-0.4, -0.2) is 41.9 Å². The average molecular weight is 399 g/mol. The predicted molar refractivity (Wildman–Crippen MR) is 104 cm³/mol. The first-order valence-corrected chi connectivity index (χ1v) is 10.9. The number of benzene rings is 2. The van der Waals surface area contributed by atoms with Gasteiger partial charge in [-0.25, -0.2) is 13.2 Å². The van der Waals surface area contributed by atoms with E-state index in [2.05, 4.69) is 9.97 Å². The summed E-state index contributed by atoms with van der Waals surface area (Å²) in [6.45, 7) is 0.634. The number of ether oxygens (including phenoxy) is 1. The van der Waals surface area contributed by atoms with Crippen molar-refractivity contribution < 1.29 is 13.2 Å². The monoisotopic (exact) mass is 399 g/mol. The normalized spacial score (nSPS) is 23.9. The summed E-state index contributed by atoms with van der Waals surface area (Å²) in [4.78, 5) is 16.9. The van der Waals surface area contributed by atoms with Crippen molar-refractivity contribution in [2.75, 3.05) is 13.1 Å². The smallest absolute Gasteiger partial charge is 0.323 e. The molecule has 1 saturated carbocycles. The number of rotatable bonds is 4. The summed E-state index contributed by atoms with van der Waals surface area (Å²) in [6, 6.07) is 14.4. The van der Waals surface area contributed by atoms with Crippen LogP contribution in [0.15, 0.2) is 58.2 Å². The van der Waals surface area contributed by atoms with Gasteiger partial charge in [-0.2, -0.15) is 4.31 Å². The third-order valence-corrected chi connectivity index (χ3v) is 7.36. The zero-order valence-electron chi connectivity index (χ0n) is 15.2. The van der Waals surface area contributed by atoms with E-state index in [-0.39, 0.29) is 29.3 Å². The molecule has 2 aliphatic rings. The second-order valence-electron chi connectivity index (χ2n) is 7.52. The highest BCUT2D eigenvalue weighted by atomic mass is 32.2. The molecule has 0 unspecified atom stereocenters. The number of H-pyrrole nitrogens is 2. The average Bonchev–Trinajstić information content (AvgIpc) is 3.49. The van der Waals surface area contributed by atoms with Crippen LogP contribution in [0, 0.1) is 5.92 Å². The molecule has 2 atom stereocenters. The van der Waals surface area contributed by atoms with Gasteiger partial charge in [0, 0.05) is 13.1 Å². The number of fused-ring (bicyclic) bond motifs is 1. The van der Waals surface area contributed by atoms with Crippen LogP contribution in [0.5, 0.6) is 0 Å². The fourth-order valence-electron chi connectivity index (χ4n) is 3.85. The van der Waals surface area contributed by atoms with Crippen molar-refractivity contribution in [2.45, 2.75) is 29.9 Å². The van der Waals surface area contributed by atoms with E-state index in [0.29, 0.717) is 23.5 Å². The molecule has 28 heavy (non-hydrogen) atoms. The molecular weight excluding hydrogens is 378 g/mol. The predicted octanol–water partition coefficient (Wildman–Crippen LogP) is 2.40. The van der Waals surface area contributed by atoms with E-state index in [1.807, 2.05) is 30.3 Å². The highest BCUT2D eigenvalue weighted by Crippen LogP contribution is 2.40. The molecule has 0 radical (unpaired) electrons. The van der Waals surface area contributed by atoms with Crippen molar-refractivity contribution in [1.82, 2.24) is 14.3 Å². The van der Waals surface area contributed by atoms with Crippen LogP contribution in [0.4, 0.5) is 0 Å². The molecule has 8 heteroatoms. The van der Waals surface area contributed by atoms with E-state index in [9.17, 15) is 13.2 Å². The van der Waals surface area contributed by atoms with Gasteiger partial charge in [-0.15, -0.1) is 0 Å². The van der Waals surface area contributed by atoms with Gasteiger partial charge in [0.1, 0.15) is 0 Å². The minimum Gasteiger partial charge on any atom is -0.367 e. The first kappa shape index (κ1) is 17.7. The molecule has 3 aromatic rings. The minimum absolute atomic E-state index is 0.0930. The lowest BCUT2D eigenvalue weighted by atomic mass is 10.1. The maximum atomic E-state index is 13.4. The number of sulfonamides is 1. The summed E-state index contributed by atoms with van der Waals surface area (Å²) in [5.41, 5.74) is 1.70. The molecule has 146 valence electrons. The van der Waals surface area contributed by atoms with Crippen LogP contribution in [0.3, 0.4) is 0 Å². The van der Waals surface area contributed by atoms with Crippen molar-refractivity contribution in [2.24, 2.45) is 5.92 Å². The Morgan fingerprint density at radius 2 is 1.71 bits per heavy atom. The number of morpholine rings is 1. The molecular formula is C20H21N3O4S. The van der Waals surface area contributed by atoms with Crippen LogP contribution in [0.1, 0.15) is 24.5 Å². The minimum atomic E-state index is -3.71. The summed E-state index contributed by atoms with van der Waals surface area (Å²) < 4.78 is 34.5. The van der Waals surface area contributed by atoms with Crippen molar-refractivity contribution in [3.63, 3.8) is 0 Å². The number of nitrogens with one attached hydrogen (secondary N) is 2. The SMILES string of the molecule is O=c1[nH]c2ccc(S(=O)(=O)N3C[C@@H](c4ccccc4)O[C@@H](C4CC4)C3)cc2[nH]1. The summed E-state index contributed by atoms with van der Waals surface area (Å²) in [6.07, 6.45) is 1.78. The third-order valence-electron chi connectivity index (χ3n) is 5.54. The molecule has 1 saturated heterocycles. The van der Waals surface area contributed by atoms with Crippen LogP contribution >= 0.6 is 0 Å². The lowest BCUT2D eigenvalue weighted by Gasteiger charge is -2.37. The molecule has 0 amide bonds. The van der Waals surface area contributed by atoms with Gasteiger partial charge in [0.15, 0.2) is 0 Å². The first-order valence-electron chi connectivity index (χ1n) is 9.43. The van der Waals surface area contributed by atoms with Crippen molar-refractivity contribution >= 4 is 21.1 Å². The third kappa shape index (κ3) is 3.17.